The number of rotatable bonds is 8. The second-order valence-corrected chi connectivity index (χ2v) is 7.76. The summed E-state index contributed by atoms with van der Waals surface area (Å²) in [5.41, 5.74) is 3.63. The van der Waals surface area contributed by atoms with Gasteiger partial charge in [-0.3, -0.25) is 4.79 Å². The van der Waals surface area contributed by atoms with E-state index in [9.17, 15) is 14.7 Å². The van der Waals surface area contributed by atoms with Gasteiger partial charge >= 0.3 is 0 Å². The smallest absolute Gasteiger partial charge is 0.227 e. The molecular weight excluding hydrogens is 388 g/mol. The zero-order valence-electron chi connectivity index (χ0n) is 16.2. The number of carbonyl (C=O) groups is 2. The zero-order valence-corrected chi connectivity index (χ0v) is 17.0. The summed E-state index contributed by atoms with van der Waals surface area (Å²) in [7, 11) is 0. The Bertz CT molecular complexity index is 995. The van der Waals surface area contributed by atoms with Crippen LogP contribution in [0.5, 0.6) is 5.75 Å². The third-order valence-corrected chi connectivity index (χ3v) is 5.41. The maximum Gasteiger partial charge on any atom is 0.227 e. The second kappa shape index (κ2) is 9.34. The lowest BCUT2D eigenvalue weighted by Gasteiger charge is -2.08. The van der Waals surface area contributed by atoms with Crippen LogP contribution in [-0.2, 0) is 24.4 Å². The molecule has 0 aliphatic rings. The van der Waals surface area contributed by atoms with Gasteiger partial charge in [0, 0.05) is 6.54 Å². The van der Waals surface area contributed by atoms with E-state index < -0.39 is 5.97 Å². The highest BCUT2D eigenvalue weighted by atomic mass is 32.1. The highest BCUT2D eigenvalue weighted by molar-refractivity contribution is 7.13. The van der Waals surface area contributed by atoms with E-state index in [0.717, 1.165) is 28.2 Å². The average Bonchev–Trinajstić information content (AvgIpc) is 3.07. The first-order valence-corrected chi connectivity index (χ1v) is 9.94. The SMILES string of the molecule is Cc1ccc(COc2ccc(CNC(=O)Cc3nc(C)c(C(=O)[O-])s3)cc2)cc1. The zero-order chi connectivity index (χ0) is 20.8. The first-order chi connectivity index (χ1) is 13.9. The number of carbonyl (C=O) groups excluding carboxylic acids is 2. The van der Waals surface area contributed by atoms with Crippen LogP contribution >= 0.6 is 11.3 Å². The van der Waals surface area contributed by atoms with E-state index in [1.807, 2.05) is 43.3 Å². The quantitative estimate of drug-likeness (QED) is 0.617. The van der Waals surface area contributed by atoms with Crippen LogP contribution in [0, 0.1) is 13.8 Å². The number of ether oxygens (including phenoxy) is 1. The molecule has 0 atom stereocenters. The number of benzene rings is 2. The lowest BCUT2D eigenvalue weighted by molar-refractivity contribution is -0.254. The Morgan fingerprint density at radius 2 is 1.69 bits per heavy atom. The molecular formula is C22H21N2O4S-. The lowest BCUT2D eigenvalue weighted by atomic mass is 10.2. The molecule has 29 heavy (non-hydrogen) atoms. The Morgan fingerprint density at radius 1 is 1.03 bits per heavy atom. The number of hydrogen-bond acceptors (Lipinski definition) is 6. The number of aromatic carboxylic acids is 1. The summed E-state index contributed by atoms with van der Waals surface area (Å²) in [6, 6.07) is 15.7. The van der Waals surface area contributed by atoms with Gasteiger partial charge in [-0.2, -0.15) is 0 Å². The van der Waals surface area contributed by atoms with Crippen LogP contribution in [0.3, 0.4) is 0 Å². The highest BCUT2D eigenvalue weighted by Gasteiger charge is 2.12. The minimum Gasteiger partial charge on any atom is -0.544 e. The van der Waals surface area contributed by atoms with E-state index in [1.54, 1.807) is 6.92 Å². The van der Waals surface area contributed by atoms with Crippen LogP contribution in [0.4, 0.5) is 0 Å². The average molecular weight is 409 g/mol. The number of aromatic nitrogens is 1. The van der Waals surface area contributed by atoms with Gasteiger partial charge in [0.25, 0.3) is 0 Å². The Labute approximate surface area is 173 Å². The Balaban J connectivity index is 1.47. The van der Waals surface area contributed by atoms with E-state index in [0.29, 0.717) is 23.9 Å². The summed E-state index contributed by atoms with van der Waals surface area (Å²) >= 11 is 0.973. The fourth-order valence-electron chi connectivity index (χ4n) is 2.67. The van der Waals surface area contributed by atoms with Crippen molar-refractivity contribution in [3.63, 3.8) is 0 Å². The van der Waals surface area contributed by atoms with Crippen molar-refractivity contribution >= 4 is 23.2 Å². The van der Waals surface area contributed by atoms with Crippen molar-refractivity contribution in [3.8, 4) is 5.75 Å². The maximum absolute atomic E-state index is 12.1. The number of aryl methyl sites for hydroxylation is 2. The molecule has 3 rings (SSSR count). The molecule has 0 aliphatic heterocycles. The number of nitrogens with one attached hydrogen (secondary N) is 1. The Kier molecular flexibility index (Phi) is 6.61. The summed E-state index contributed by atoms with van der Waals surface area (Å²) in [5.74, 6) is -0.728. The minimum absolute atomic E-state index is 0.0382. The fourth-order valence-corrected chi connectivity index (χ4v) is 3.57. The number of carboxylic acids is 1. The number of carboxylic acid groups (broad SMARTS) is 1. The molecule has 6 nitrogen and oxygen atoms in total. The minimum atomic E-state index is -1.27. The normalized spacial score (nSPS) is 10.6. The molecule has 1 heterocycles. The summed E-state index contributed by atoms with van der Waals surface area (Å²) in [4.78, 5) is 27.2. The van der Waals surface area contributed by atoms with Crippen molar-refractivity contribution in [2.75, 3.05) is 0 Å². The molecule has 2 aromatic carbocycles. The molecule has 0 radical (unpaired) electrons. The molecule has 0 saturated heterocycles. The molecule has 0 bridgehead atoms. The first kappa shape index (κ1) is 20.5. The summed E-state index contributed by atoms with van der Waals surface area (Å²) in [6.45, 7) is 4.50. The molecule has 0 fully saturated rings. The van der Waals surface area contributed by atoms with Crippen LogP contribution in [-0.4, -0.2) is 16.9 Å². The van der Waals surface area contributed by atoms with Crippen molar-refractivity contribution < 1.29 is 19.4 Å². The summed E-state index contributed by atoms with van der Waals surface area (Å²) < 4.78 is 5.78. The molecule has 1 N–H and O–H groups in total. The number of hydrogen-bond donors (Lipinski definition) is 1. The number of amides is 1. The van der Waals surface area contributed by atoms with Crippen LogP contribution in [0.1, 0.15) is 37.1 Å². The van der Waals surface area contributed by atoms with Gasteiger partial charge in [0.15, 0.2) is 0 Å². The topological polar surface area (TPSA) is 91.3 Å². The molecule has 0 aliphatic carbocycles. The van der Waals surface area contributed by atoms with Crippen LogP contribution in [0.25, 0.3) is 0 Å². The monoisotopic (exact) mass is 409 g/mol. The van der Waals surface area contributed by atoms with Gasteiger partial charge < -0.3 is 20.0 Å². The molecule has 3 aromatic rings. The van der Waals surface area contributed by atoms with Gasteiger partial charge in [-0.1, -0.05) is 42.0 Å². The maximum atomic E-state index is 12.1. The van der Waals surface area contributed by atoms with E-state index in [4.69, 9.17) is 4.74 Å². The third kappa shape index (κ3) is 5.89. The molecule has 0 unspecified atom stereocenters. The van der Waals surface area contributed by atoms with Gasteiger partial charge in [0.2, 0.25) is 5.91 Å². The van der Waals surface area contributed by atoms with Crippen molar-refractivity contribution in [2.45, 2.75) is 33.4 Å². The lowest BCUT2D eigenvalue weighted by Crippen LogP contribution is -2.24. The number of nitrogens with zero attached hydrogens (tertiary/aromatic N) is 1. The van der Waals surface area contributed by atoms with Gasteiger partial charge in [-0.25, -0.2) is 4.98 Å². The summed E-state index contributed by atoms with van der Waals surface area (Å²) in [6.07, 6.45) is 0.0382. The van der Waals surface area contributed by atoms with Gasteiger partial charge in [0.1, 0.15) is 17.4 Å². The van der Waals surface area contributed by atoms with E-state index in [2.05, 4.69) is 22.4 Å². The molecule has 1 aromatic heterocycles. The van der Waals surface area contributed by atoms with Crippen LogP contribution < -0.4 is 15.2 Å². The first-order valence-electron chi connectivity index (χ1n) is 9.12. The standard InChI is InChI=1S/C22H22N2O4S/c1-14-3-5-17(6-4-14)13-28-18-9-7-16(8-10-18)12-23-19(25)11-20-24-15(2)21(29-20)22(26)27/h3-10H,11-13H2,1-2H3,(H,23,25)(H,26,27)/p-1. The third-order valence-electron chi connectivity index (χ3n) is 4.28. The van der Waals surface area contributed by atoms with Crippen molar-refractivity contribution in [1.29, 1.82) is 0 Å². The fraction of sp³-hybridized carbons (Fsp3) is 0.227. The Morgan fingerprint density at radius 3 is 2.31 bits per heavy atom. The molecule has 7 heteroatoms. The van der Waals surface area contributed by atoms with Crippen molar-refractivity contribution in [3.05, 3.63) is 80.8 Å². The van der Waals surface area contributed by atoms with Gasteiger partial charge in [-0.05, 0) is 37.1 Å². The van der Waals surface area contributed by atoms with E-state index in [-0.39, 0.29) is 17.2 Å². The van der Waals surface area contributed by atoms with Gasteiger partial charge in [-0.15, -0.1) is 11.3 Å². The number of thiazole rings is 1. The van der Waals surface area contributed by atoms with Crippen molar-refractivity contribution in [1.82, 2.24) is 10.3 Å². The van der Waals surface area contributed by atoms with Gasteiger partial charge in [0.05, 0.1) is 23.0 Å². The largest absolute Gasteiger partial charge is 0.544 e. The van der Waals surface area contributed by atoms with Crippen molar-refractivity contribution in [2.24, 2.45) is 0 Å². The molecule has 1 amide bonds. The van der Waals surface area contributed by atoms with Crippen LogP contribution in [0.2, 0.25) is 0 Å². The van der Waals surface area contributed by atoms with E-state index in [1.165, 1.54) is 5.56 Å². The van der Waals surface area contributed by atoms with E-state index >= 15 is 0 Å². The molecule has 0 saturated carbocycles. The van der Waals surface area contributed by atoms with Crippen LogP contribution in [0.15, 0.2) is 48.5 Å². The highest BCUT2D eigenvalue weighted by Crippen LogP contribution is 2.18. The Hall–Kier alpha value is -3.19. The molecule has 150 valence electrons. The predicted molar refractivity (Wildman–Crippen MR) is 109 cm³/mol. The predicted octanol–water partition coefficient (Wildman–Crippen LogP) is 2.56. The molecule has 0 spiro atoms. The second-order valence-electron chi connectivity index (χ2n) is 6.68. The summed E-state index contributed by atoms with van der Waals surface area (Å²) in [5, 5.41) is 14.2.